The van der Waals surface area contributed by atoms with Gasteiger partial charge in [-0.25, -0.2) is 0 Å². The fraction of sp³-hybridized carbons (Fsp3) is 0.389. The van der Waals surface area contributed by atoms with Crippen molar-refractivity contribution in [2.24, 2.45) is 0 Å². The van der Waals surface area contributed by atoms with E-state index in [9.17, 15) is 9.59 Å². The Morgan fingerprint density at radius 3 is 2.74 bits per heavy atom. The predicted octanol–water partition coefficient (Wildman–Crippen LogP) is 1.62. The van der Waals surface area contributed by atoms with Gasteiger partial charge in [0.15, 0.2) is 5.69 Å². The van der Waals surface area contributed by atoms with E-state index in [0.717, 1.165) is 29.8 Å². The van der Waals surface area contributed by atoms with E-state index in [2.05, 4.69) is 15.5 Å². The van der Waals surface area contributed by atoms with Crippen LogP contribution in [-0.2, 0) is 24.3 Å². The zero-order valence-corrected chi connectivity index (χ0v) is 16.3. The Bertz CT molecular complexity index is 837. The second kappa shape index (κ2) is 8.29. The van der Waals surface area contributed by atoms with Crippen molar-refractivity contribution in [1.29, 1.82) is 0 Å². The zero-order valence-electron chi connectivity index (χ0n) is 14.7. The summed E-state index contributed by atoms with van der Waals surface area (Å²) < 4.78 is 0. The number of benzene rings is 1. The molecule has 3 heterocycles. The molecule has 1 aromatic carbocycles. The van der Waals surface area contributed by atoms with Crippen molar-refractivity contribution >= 4 is 35.8 Å². The van der Waals surface area contributed by atoms with E-state index in [1.165, 1.54) is 0 Å². The maximum absolute atomic E-state index is 12.8. The summed E-state index contributed by atoms with van der Waals surface area (Å²) in [6.07, 6.45) is 0.837. The van der Waals surface area contributed by atoms with Gasteiger partial charge in [0.1, 0.15) is 6.54 Å². The highest BCUT2D eigenvalue weighted by Gasteiger charge is 2.31. The number of H-pyrrole nitrogens is 1. The fourth-order valence-corrected chi connectivity index (χ4v) is 3.54. The topological polar surface area (TPSA) is 81.3 Å². The van der Waals surface area contributed by atoms with E-state index in [0.29, 0.717) is 36.9 Å². The highest BCUT2D eigenvalue weighted by molar-refractivity contribution is 6.30. The third-order valence-corrected chi connectivity index (χ3v) is 5.15. The quantitative estimate of drug-likeness (QED) is 0.806. The van der Waals surface area contributed by atoms with Crippen molar-refractivity contribution in [3.8, 4) is 0 Å². The SMILES string of the molecule is Cl.O=C1CN(C(=O)c2n[nH]c3c2CNCC3)CCN1Cc1ccc(Cl)cc1. The van der Waals surface area contributed by atoms with Crippen LogP contribution in [-0.4, -0.2) is 58.0 Å². The number of aromatic amines is 1. The van der Waals surface area contributed by atoms with Gasteiger partial charge in [0.05, 0.1) is 0 Å². The molecule has 27 heavy (non-hydrogen) atoms. The Kier molecular flexibility index (Phi) is 6.04. The van der Waals surface area contributed by atoms with Gasteiger partial charge in [0.25, 0.3) is 5.91 Å². The minimum absolute atomic E-state index is 0. The number of rotatable bonds is 3. The Labute approximate surface area is 168 Å². The van der Waals surface area contributed by atoms with Gasteiger partial charge in [0, 0.05) is 55.4 Å². The molecule has 2 aliphatic heterocycles. The van der Waals surface area contributed by atoms with Gasteiger partial charge in [0.2, 0.25) is 5.91 Å². The van der Waals surface area contributed by atoms with Crippen LogP contribution < -0.4 is 5.32 Å². The second-order valence-corrected chi connectivity index (χ2v) is 7.06. The summed E-state index contributed by atoms with van der Waals surface area (Å²) in [5.41, 5.74) is 3.40. The Morgan fingerprint density at radius 1 is 1.22 bits per heavy atom. The van der Waals surface area contributed by atoms with Crippen molar-refractivity contribution in [2.45, 2.75) is 19.5 Å². The highest BCUT2D eigenvalue weighted by atomic mass is 35.5. The van der Waals surface area contributed by atoms with Gasteiger partial charge in [-0.2, -0.15) is 5.10 Å². The molecule has 0 unspecified atom stereocenters. The maximum Gasteiger partial charge on any atom is 0.275 e. The summed E-state index contributed by atoms with van der Waals surface area (Å²) in [5, 5.41) is 11.1. The number of fused-ring (bicyclic) bond motifs is 1. The molecule has 2 aliphatic rings. The lowest BCUT2D eigenvalue weighted by molar-refractivity contribution is -0.135. The number of nitrogens with zero attached hydrogens (tertiary/aromatic N) is 3. The second-order valence-electron chi connectivity index (χ2n) is 6.62. The number of carbonyl (C=O) groups excluding carboxylic acids is 2. The van der Waals surface area contributed by atoms with Crippen LogP contribution in [0.3, 0.4) is 0 Å². The van der Waals surface area contributed by atoms with Crippen LogP contribution in [0.5, 0.6) is 0 Å². The molecule has 2 amide bonds. The molecule has 0 aliphatic carbocycles. The van der Waals surface area contributed by atoms with Crippen molar-refractivity contribution < 1.29 is 9.59 Å². The average molecular weight is 410 g/mol. The van der Waals surface area contributed by atoms with Crippen LogP contribution in [0.4, 0.5) is 0 Å². The first-order valence-electron chi connectivity index (χ1n) is 8.70. The molecular formula is C18H21Cl2N5O2. The van der Waals surface area contributed by atoms with Crippen molar-refractivity contribution in [2.75, 3.05) is 26.2 Å². The van der Waals surface area contributed by atoms with Crippen LogP contribution in [0, 0.1) is 0 Å². The molecule has 1 saturated heterocycles. The molecule has 4 rings (SSSR count). The zero-order chi connectivity index (χ0) is 18.1. The number of halogens is 2. The predicted molar refractivity (Wildman–Crippen MR) is 104 cm³/mol. The first-order chi connectivity index (χ1) is 12.6. The van der Waals surface area contributed by atoms with Crippen LogP contribution in [0.1, 0.15) is 27.3 Å². The first-order valence-corrected chi connectivity index (χ1v) is 9.08. The van der Waals surface area contributed by atoms with E-state index < -0.39 is 0 Å². The molecule has 144 valence electrons. The number of hydrogen-bond acceptors (Lipinski definition) is 4. The molecule has 2 aromatic rings. The van der Waals surface area contributed by atoms with Crippen molar-refractivity contribution in [3.05, 3.63) is 51.8 Å². The lowest BCUT2D eigenvalue weighted by Crippen LogP contribution is -2.52. The lowest BCUT2D eigenvalue weighted by atomic mass is 10.1. The van der Waals surface area contributed by atoms with E-state index >= 15 is 0 Å². The summed E-state index contributed by atoms with van der Waals surface area (Å²) in [5.74, 6) is -0.229. The van der Waals surface area contributed by atoms with Gasteiger partial charge in [-0.1, -0.05) is 23.7 Å². The van der Waals surface area contributed by atoms with E-state index in [1.807, 2.05) is 24.3 Å². The van der Waals surface area contributed by atoms with Crippen LogP contribution in [0.15, 0.2) is 24.3 Å². The maximum atomic E-state index is 12.8. The number of aromatic nitrogens is 2. The van der Waals surface area contributed by atoms with Crippen molar-refractivity contribution in [1.82, 2.24) is 25.3 Å². The molecule has 7 nitrogen and oxygen atoms in total. The van der Waals surface area contributed by atoms with Gasteiger partial charge in [-0.05, 0) is 17.7 Å². The molecule has 1 fully saturated rings. The minimum Gasteiger partial charge on any atom is -0.335 e. The summed E-state index contributed by atoms with van der Waals surface area (Å²) >= 11 is 5.90. The third kappa shape index (κ3) is 4.10. The minimum atomic E-state index is -0.175. The normalized spacial score (nSPS) is 16.7. The number of piperazine rings is 1. The monoisotopic (exact) mass is 409 g/mol. The van der Waals surface area contributed by atoms with E-state index in [-0.39, 0.29) is 30.8 Å². The van der Waals surface area contributed by atoms with Gasteiger partial charge >= 0.3 is 0 Å². The summed E-state index contributed by atoms with van der Waals surface area (Å²) in [7, 11) is 0. The smallest absolute Gasteiger partial charge is 0.275 e. The Morgan fingerprint density at radius 2 is 2.00 bits per heavy atom. The number of nitrogens with one attached hydrogen (secondary N) is 2. The standard InChI is InChI=1S/C18H20ClN5O2.ClH/c19-13-3-1-12(2-4-13)10-23-7-8-24(11-16(23)25)18(26)17-14-9-20-6-5-15(14)21-22-17;/h1-4,20H,5-11H2,(H,21,22);1H. The summed E-state index contributed by atoms with van der Waals surface area (Å²) in [4.78, 5) is 28.7. The molecule has 0 spiro atoms. The molecule has 0 radical (unpaired) electrons. The summed E-state index contributed by atoms with van der Waals surface area (Å²) in [6.45, 7) is 3.15. The molecule has 0 saturated carbocycles. The largest absolute Gasteiger partial charge is 0.335 e. The number of amides is 2. The molecule has 0 atom stereocenters. The average Bonchev–Trinajstić information content (AvgIpc) is 3.08. The Balaban J connectivity index is 0.00000210. The molecule has 0 bridgehead atoms. The van der Waals surface area contributed by atoms with E-state index in [1.54, 1.807) is 9.80 Å². The fourth-order valence-electron chi connectivity index (χ4n) is 3.41. The van der Waals surface area contributed by atoms with Crippen LogP contribution in [0.2, 0.25) is 5.02 Å². The first kappa shape index (κ1) is 19.7. The van der Waals surface area contributed by atoms with Crippen LogP contribution in [0.25, 0.3) is 0 Å². The molecular weight excluding hydrogens is 389 g/mol. The Hall–Kier alpha value is -2.09. The van der Waals surface area contributed by atoms with Gasteiger partial charge in [-0.15, -0.1) is 12.4 Å². The van der Waals surface area contributed by atoms with Crippen LogP contribution >= 0.6 is 24.0 Å². The third-order valence-electron chi connectivity index (χ3n) is 4.90. The summed E-state index contributed by atoms with van der Waals surface area (Å²) in [6, 6.07) is 7.46. The van der Waals surface area contributed by atoms with E-state index in [4.69, 9.17) is 11.6 Å². The molecule has 9 heteroatoms. The van der Waals surface area contributed by atoms with Gasteiger partial charge in [-0.3, -0.25) is 14.7 Å². The molecule has 1 aromatic heterocycles. The highest BCUT2D eigenvalue weighted by Crippen LogP contribution is 2.19. The van der Waals surface area contributed by atoms with Gasteiger partial charge < -0.3 is 15.1 Å². The van der Waals surface area contributed by atoms with Crippen molar-refractivity contribution in [3.63, 3.8) is 0 Å². The lowest BCUT2D eigenvalue weighted by Gasteiger charge is -2.34. The number of carbonyl (C=O) groups is 2. The molecule has 2 N–H and O–H groups in total. The number of hydrogen-bond donors (Lipinski definition) is 2.